The quantitative estimate of drug-likeness (QED) is 0.553. The number of carbonyl (C=O) groups excluding carboxylic acids is 1. The summed E-state index contributed by atoms with van der Waals surface area (Å²) in [4.78, 5) is 10.9. The fourth-order valence-electron chi connectivity index (χ4n) is 0.714. The zero-order valence-electron chi connectivity index (χ0n) is 6.81. The molecule has 65 valence electrons. The van der Waals surface area contributed by atoms with Gasteiger partial charge < -0.3 is 10.4 Å². The molecule has 0 aliphatic heterocycles. The van der Waals surface area contributed by atoms with Crippen LogP contribution in [0.25, 0.3) is 0 Å². The van der Waals surface area contributed by atoms with E-state index in [0.717, 1.165) is 12.8 Å². The zero-order valence-corrected chi connectivity index (χ0v) is 6.81. The van der Waals surface area contributed by atoms with E-state index in [1.165, 1.54) is 0 Å². The largest absolute Gasteiger partial charge is 0.396 e. The predicted octanol–water partition coefficient (Wildman–Crippen LogP) is 0.489. The molecule has 2 N–H and O–H groups in total. The predicted molar refractivity (Wildman–Crippen MR) is 43.9 cm³/mol. The minimum Gasteiger partial charge on any atom is -0.396 e. The zero-order chi connectivity index (χ0) is 8.53. The van der Waals surface area contributed by atoms with Crippen molar-refractivity contribution in [3.05, 3.63) is 6.92 Å². The van der Waals surface area contributed by atoms with Gasteiger partial charge in [-0.25, -0.2) is 0 Å². The Morgan fingerprint density at radius 3 is 2.73 bits per heavy atom. The summed E-state index contributed by atoms with van der Waals surface area (Å²) in [5.41, 5.74) is 0. The Kier molecular flexibility index (Phi) is 7.15. The van der Waals surface area contributed by atoms with Gasteiger partial charge in [-0.05, 0) is 19.3 Å². The second-order valence-electron chi connectivity index (χ2n) is 2.38. The SMILES string of the molecule is [CH2]CCNC(=O)CCCCO. The number of carbonyl (C=O) groups is 1. The van der Waals surface area contributed by atoms with E-state index in [4.69, 9.17) is 5.11 Å². The van der Waals surface area contributed by atoms with Gasteiger partial charge in [0.15, 0.2) is 0 Å². The monoisotopic (exact) mass is 158 g/mol. The van der Waals surface area contributed by atoms with Gasteiger partial charge in [0, 0.05) is 19.6 Å². The van der Waals surface area contributed by atoms with Gasteiger partial charge in [0.05, 0.1) is 0 Å². The molecule has 3 nitrogen and oxygen atoms in total. The molecule has 0 aliphatic rings. The van der Waals surface area contributed by atoms with Crippen molar-refractivity contribution in [1.29, 1.82) is 0 Å². The molecule has 0 aromatic carbocycles. The van der Waals surface area contributed by atoms with E-state index >= 15 is 0 Å². The summed E-state index contributed by atoms with van der Waals surface area (Å²) in [6.07, 6.45) is 2.71. The molecule has 0 saturated heterocycles. The number of aliphatic hydroxyl groups is 1. The minimum atomic E-state index is 0.0575. The molecule has 0 rings (SSSR count). The minimum absolute atomic E-state index is 0.0575. The first-order valence-electron chi connectivity index (χ1n) is 3.98. The van der Waals surface area contributed by atoms with E-state index in [1.807, 2.05) is 0 Å². The number of hydrogen-bond donors (Lipinski definition) is 2. The molecular formula is C8H16NO2. The number of hydrogen-bond acceptors (Lipinski definition) is 2. The van der Waals surface area contributed by atoms with Gasteiger partial charge in [-0.2, -0.15) is 0 Å². The van der Waals surface area contributed by atoms with Crippen molar-refractivity contribution in [3.8, 4) is 0 Å². The maximum atomic E-state index is 10.9. The fourth-order valence-corrected chi connectivity index (χ4v) is 0.714. The van der Waals surface area contributed by atoms with Crippen molar-refractivity contribution in [3.63, 3.8) is 0 Å². The van der Waals surface area contributed by atoms with Gasteiger partial charge in [-0.15, -0.1) is 0 Å². The van der Waals surface area contributed by atoms with Gasteiger partial charge in [-0.1, -0.05) is 6.92 Å². The third-order valence-corrected chi connectivity index (χ3v) is 1.31. The summed E-state index contributed by atoms with van der Waals surface area (Å²) in [5.74, 6) is 0.0575. The van der Waals surface area contributed by atoms with E-state index in [-0.39, 0.29) is 12.5 Å². The van der Waals surface area contributed by atoms with Crippen LogP contribution in [0.5, 0.6) is 0 Å². The lowest BCUT2D eigenvalue weighted by molar-refractivity contribution is -0.121. The van der Waals surface area contributed by atoms with Crippen LogP contribution in [0.1, 0.15) is 25.7 Å². The first-order chi connectivity index (χ1) is 5.31. The highest BCUT2D eigenvalue weighted by atomic mass is 16.2. The Hall–Kier alpha value is -0.570. The van der Waals surface area contributed by atoms with Crippen molar-refractivity contribution >= 4 is 5.91 Å². The first-order valence-corrected chi connectivity index (χ1v) is 3.98. The topological polar surface area (TPSA) is 49.3 Å². The summed E-state index contributed by atoms with van der Waals surface area (Å²) in [5, 5.41) is 11.1. The molecule has 3 heteroatoms. The average Bonchev–Trinajstić information content (AvgIpc) is 2.01. The van der Waals surface area contributed by atoms with Gasteiger partial charge >= 0.3 is 0 Å². The molecule has 0 unspecified atom stereocenters. The second kappa shape index (κ2) is 7.54. The van der Waals surface area contributed by atoms with Crippen LogP contribution in [0.2, 0.25) is 0 Å². The Balaban J connectivity index is 3.09. The van der Waals surface area contributed by atoms with Crippen LogP contribution in [0.3, 0.4) is 0 Å². The highest BCUT2D eigenvalue weighted by molar-refractivity contribution is 5.75. The van der Waals surface area contributed by atoms with E-state index in [1.54, 1.807) is 0 Å². The Morgan fingerprint density at radius 2 is 2.18 bits per heavy atom. The lowest BCUT2D eigenvalue weighted by Gasteiger charge is -2.01. The van der Waals surface area contributed by atoms with Crippen molar-refractivity contribution in [1.82, 2.24) is 5.32 Å². The van der Waals surface area contributed by atoms with Crippen LogP contribution in [-0.2, 0) is 4.79 Å². The normalized spacial score (nSPS) is 9.64. The number of rotatable bonds is 6. The van der Waals surface area contributed by atoms with Crippen molar-refractivity contribution < 1.29 is 9.90 Å². The fraction of sp³-hybridized carbons (Fsp3) is 0.750. The summed E-state index contributed by atoms with van der Waals surface area (Å²) in [6, 6.07) is 0. The average molecular weight is 158 g/mol. The third kappa shape index (κ3) is 7.33. The van der Waals surface area contributed by atoms with Crippen LogP contribution < -0.4 is 5.32 Å². The standard InChI is InChI=1S/C8H16NO2/c1-2-6-9-8(11)5-3-4-7-10/h10H,1-7H2,(H,9,11). The lowest BCUT2D eigenvalue weighted by Crippen LogP contribution is -2.23. The second-order valence-corrected chi connectivity index (χ2v) is 2.38. The molecule has 0 fully saturated rings. The molecule has 0 aliphatic carbocycles. The Labute approximate surface area is 67.8 Å². The molecule has 0 spiro atoms. The summed E-state index contributed by atoms with van der Waals surface area (Å²) in [7, 11) is 0. The van der Waals surface area contributed by atoms with E-state index in [0.29, 0.717) is 19.4 Å². The number of unbranched alkanes of at least 4 members (excludes halogenated alkanes) is 1. The smallest absolute Gasteiger partial charge is 0.219 e. The van der Waals surface area contributed by atoms with Crippen LogP contribution in [0.4, 0.5) is 0 Å². The maximum Gasteiger partial charge on any atom is 0.219 e. The van der Waals surface area contributed by atoms with E-state index in [2.05, 4.69) is 12.2 Å². The van der Waals surface area contributed by atoms with Crippen molar-refractivity contribution in [2.24, 2.45) is 0 Å². The van der Waals surface area contributed by atoms with E-state index in [9.17, 15) is 4.79 Å². The van der Waals surface area contributed by atoms with Crippen molar-refractivity contribution in [2.45, 2.75) is 25.7 Å². The van der Waals surface area contributed by atoms with Crippen LogP contribution in [0, 0.1) is 6.92 Å². The van der Waals surface area contributed by atoms with Gasteiger partial charge in [-0.3, -0.25) is 4.79 Å². The van der Waals surface area contributed by atoms with Gasteiger partial charge in [0.25, 0.3) is 0 Å². The molecular weight excluding hydrogens is 142 g/mol. The van der Waals surface area contributed by atoms with Gasteiger partial charge in [0.1, 0.15) is 0 Å². The van der Waals surface area contributed by atoms with Crippen LogP contribution >= 0.6 is 0 Å². The first kappa shape index (κ1) is 10.4. The number of nitrogens with one attached hydrogen (secondary N) is 1. The third-order valence-electron chi connectivity index (χ3n) is 1.31. The summed E-state index contributed by atoms with van der Waals surface area (Å²) >= 11 is 0. The molecule has 11 heavy (non-hydrogen) atoms. The Morgan fingerprint density at radius 1 is 1.45 bits per heavy atom. The van der Waals surface area contributed by atoms with Crippen molar-refractivity contribution in [2.75, 3.05) is 13.2 Å². The number of amides is 1. The van der Waals surface area contributed by atoms with Crippen LogP contribution in [0.15, 0.2) is 0 Å². The van der Waals surface area contributed by atoms with Crippen LogP contribution in [-0.4, -0.2) is 24.2 Å². The molecule has 0 saturated carbocycles. The summed E-state index contributed by atoms with van der Waals surface area (Å²) < 4.78 is 0. The Bertz CT molecular complexity index is 104. The molecule has 1 amide bonds. The van der Waals surface area contributed by atoms with E-state index < -0.39 is 0 Å². The highest BCUT2D eigenvalue weighted by Crippen LogP contribution is 1.93. The number of aliphatic hydroxyl groups excluding tert-OH is 1. The molecule has 0 aromatic heterocycles. The lowest BCUT2D eigenvalue weighted by atomic mass is 10.2. The highest BCUT2D eigenvalue weighted by Gasteiger charge is 1.97. The maximum absolute atomic E-state index is 10.9. The molecule has 0 aromatic rings. The molecule has 1 radical (unpaired) electrons. The van der Waals surface area contributed by atoms with Gasteiger partial charge in [0.2, 0.25) is 5.91 Å². The molecule has 0 heterocycles. The molecule has 0 bridgehead atoms. The summed E-state index contributed by atoms with van der Waals surface area (Å²) in [6.45, 7) is 4.42. The molecule has 0 atom stereocenters.